The standard InChI is InChI=1S/C23H36N6O5S/c1-11-17-16(12(2)30)21(32)29(17)18(22(33)34)19(11)35-14-7-15(26(3)10-14)20(31)28-6-5-13(9-28)8-27(4)23(24)25/h11-17,30H,5-10H2,1-4H3,(H3,24,25)(H,33,34)/t11?,12-,13-,14+,15+,16?,17?/m1/s1. The summed E-state index contributed by atoms with van der Waals surface area (Å²) in [5.74, 6) is -1.84. The maximum absolute atomic E-state index is 13.3. The largest absolute Gasteiger partial charge is 0.477 e. The van der Waals surface area contributed by atoms with E-state index in [-0.39, 0.29) is 52.6 Å². The van der Waals surface area contributed by atoms with Gasteiger partial charge in [-0.1, -0.05) is 6.92 Å². The van der Waals surface area contributed by atoms with E-state index in [1.807, 2.05) is 23.8 Å². The van der Waals surface area contributed by atoms with Crippen LogP contribution in [0.1, 0.15) is 26.7 Å². The maximum Gasteiger partial charge on any atom is 0.353 e. The lowest BCUT2D eigenvalue weighted by atomic mass is 9.79. The van der Waals surface area contributed by atoms with Crippen molar-refractivity contribution in [2.45, 2.75) is 50.1 Å². The molecule has 4 rings (SSSR count). The third kappa shape index (κ3) is 4.51. The number of hydrogen-bond donors (Lipinski definition) is 4. The van der Waals surface area contributed by atoms with Crippen LogP contribution in [-0.4, -0.2) is 117 Å². The summed E-state index contributed by atoms with van der Waals surface area (Å²) in [5, 5.41) is 27.5. The molecule has 0 aromatic heterocycles. The fraction of sp³-hybridized carbons (Fsp3) is 0.739. The highest BCUT2D eigenvalue weighted by Crippen LogP contribution is 2.52. The Balaban J connectivity index is 1.41. The summed E-state index contributed by atoms with van der Waals surface area (Å²) in [6.45, 7) is 6.10. The van der Waals surface area contributed by atoms with Gasteiger partial charge in [-0.3, -0.25) is 19.9 Å². The summed E-state index contributed by atoms with van der Waals surface area (Å²) >= 11 is 1.47. The molecule has 11 nitrogen and oxygen atoms in total. The molecule has 3 unspecified atom stereocenters. The van der Waals surface area contributed by atoms with Gasteiger partial charge < -0.3 is 30.6 Å². The second-order valence-electron chi connectivity index (χ2n) is 10.4. The van der Waals surface area contributed by atoms with Gasteiger partial charge in [0.2, 0.25) is 11.8 Å². The Morgan fingerprint density at radius 1 is 1.34 bits per heavy atom. The molecule has 0 aromatic carbocycles. The lowest BCUT2D eigenvalue weighted by Gasteiger charge is -2.46. The highest BCUT2D eigenvalue weighted by Gasteiger charge is 2.60. The number of aliphatic hydroxyl groups excluding tert-OH is 1. The number of guanidine groups is 1. The molecule has 35 heavy (non-hydrogen) atoms. The Morgan fingerprint density at radius 2 is 2.03 bits per heavy atom. The number of β-lactam (4-membered cyclic amide) rings is 1. The van der Waals surface area contributed by atoms with Crippen molar-refractivity contribution in [3.63, 3.8) is 0 Å². The zero-order valence-electron chi connectivity index (χ0n) is 20.7. The number of carbonyl (C=O) groups is 3. The maximum atomic E-state index is 13.3. The number of carboxylic acids is 1. The minimum atomic E-state index is -1.13. The summed E-state index contributed by atoms with van der Waals surface area (Å²) < 4.78 is 0. The van der Waals surface area contributed by atoms with Crippen LogP contribution in [0.25, 0.3) is 0 Å². The van der Waals surface area contributed by atoms with Crippen molar-refractivity contribution in [3.05, 3.63) is 10.6 Å². The normalized spacial score (nSPS) is 33.7. The first-order chi connectivity index (χ1) is 16.4. The van der Waals surface area contributed by atoms with E-state index >= 15 is 0 Å². The molecule has 4 aliphatic heterocycles. The molecule has 3 saturated heterocycles. The Morgan fingerprint density at radius 3 is 2.63 bits per heavy atom. The molecule has 4 heterocycles. The van der Waals surface area contributed by atoms with Gasteiger partial charge in [0.15, 0.2) is 5.96 Å². The Bertz CT molecular complexity index is 957. The third-order valence-electron chi connectivity index (χ3n) is 7.94. The van der Waals surface area contributed by atoms with Crippen LogP contribution >= 0.6 is 11.8 Å². The molecule has 7 atom stereocenters. The summed E-state index contributed by atoms with van der Waals surface area (Å²) in [7, 11) is 3.70. The summed E-state index contributed by atoms with van der Waals surface area (Å²) in [6.07, 6.45) is 0.653. The van der Waals surface area contributed by atoms with Crippen LogP contribution < -0.4 is 5.73 Å². The van der Waals surface area contributed by atoms with Crippen molar-refractivity contribution in [1.82, 2.24) is 19.6 Å². The molecule has 4 aliphatic rings. The molecule has 0 spiro atoms. The average molecular weight is 509 g/mol. The number of nitrogens with zero attached hydrogens (tertiary/aromatic N) is 4. The van der Waals surface area contributed by atoms with Crippen molar-refractivity contribution < 1.29 is 24.6 Å². The van der Waals surface area contributed by atoms with E-state index in [0.717, 1.165) is 6.42 Å². The van der Waals surface area contributed by atoms with Gasteiger partial charge in [-0.2, -0.15) is 0 Å². The quantitative estimate of drug-likeness (QED) is 0.205. The van der Waals surface area contributed by atoms with Gasteiger partial charge in [0.1, 0.15) is 5.70 Å². The fourth-order valence-corrected chi connectivity index (χ4v) is 7.66. The first-order valence-electron chi connectivity index (χ1n) is 12.1. The van der Waals surface area contributed by atoms with Gasteiger partial charge in [0.05, 0.1) is 24.1 Å². The number of rotatable bonds is 7. The van der Waals surface area contributed by atoms with Gasteiger partial charge >= 0.3 is 5.97 Å². The first-order valence-corrected chi connectivity index (χ1v) is 13.0. The molecular formula is C23H36N6O5S. The van der Waals surface area contributed by atoms with E-state index in [1.54, 1.807) is 18.9 Å². The number of fused-ring (bicyclic) bond motifs is 1. The van der Waals surface area contributed by atoms with Crippen LogP contribution in [0.15, 0.2) is 10.6 Å². The number of thioether (sulfide) groups is 1. The summed E-state index contributed by atoms with van der Waals surface area (Å²) in [6, 6.07) is -0.603. The minimum absolute atomic E-state index is 0.0209. The molecule has 3 fully saturated rings. The SMILES string of the molecule is CC1C(S[C@H]2C[C@@H](C(=O)N3CC[C@H](CN(C)C(=N)N)C3)N(C)C2)=C(C(=O)O)N2C(=O)C([C@@H](C)O)C12. The van der Waals surface area contributed by atoms with Crippen LogP contribution in [0.5, 0.6) is 0 Å². The van der Waals surface area contributed by atoms with Crippen LogP contribution in [0.4, 0.5) is 0 Å². The number of amides is 2. The van der Waals surface area contributed by atoms with Crippen LogP contribution in [0.2, 0.25) is 0 Å². The second kappa shape index (κ2) is 9.62. The van der Waals surface area contributed by atoms with Gasteiger partial charge in [0.25, 0.3) is 0 Å². The van der Waals surface area contributed by atoms with E-state index in [4.69, 9.17) is 11.1 Å². The smallest absolute Gasteiger partial charge is 0.353 e. The number of likely N-dealkylation sites (N-methyl/N-ethyl adjacent to an activating group) is 1. The van der Waals surface area contributed by atoms with Gasteiger partial charge in [-0.15, -0.1) is 11.8 Å². The molecule has 12 heteroatoms. The lowest BCUT2D eigenvalue weighted by molar-refractivity contribution is -0.163. The van der Waals surface area contributed by atoms with Crippen molar-refractivity contribution in [1.29, 1.82) is 5.41 Å². The Hall–Kier alpha value is -2.31. The topological polar surface area (TPSA) is 154 Å². The molecule has 5 N–H and O–H groups in total. The predicted octanol–water partition coefficient (Wildman–Crippen LogP) is -0.380. The molecule has 0 aromatic rings. The average Bonchev–Trinajstić information content (AvgIpc) is 3.44. The zero-order chi connectivity index (χ0) is 25.8. The van der Waals surface area contributed by atoms with Crippen molar-refractivity contribution >= 4 is 35.5 Å². The van der Waals surface area contributed by atoms with Gasteiger partial charge in [0, 0.05) is 49.3 Å². The van der Waals surface area contributed by atoms with E-state index < -0.39 is 18.0 Å². The van der Waals surface area contributed by atoms with Gasteiger partial charge in [-0.05, 0) is 32.7 Å². The highest BCUT2D eigenvalue weighted by molar-refractivity contribution is 8.03. The summed E-state index contributed by atoms with van der Waals surface area (Å²) in [4.78, 5) is 45.6. The molecule has 194 valence electrons. The number of nitrogens with two attached hydrogens (primary N) is 1. The van der Waals surface area contributed by atoms with Crippen molar-refractivity contribution in [2.24, 2.45) is 23.5 Å². The highest BCUT2D eigenvalue weighted by atomic mass is 32.2. The number of hydrogen-bond acceptors (Lipinski definition) is 7. The van der Waals surface area contributed by atoms with E-state index in [9.17, 15) is 24.6 Å². The molecular weight excluding hydrogens is 472 g/mol. The fourth-order valence-electron chi connectivity index (χ4n) is 6.06. The Kier molecular flexibility index (Phi) is 7.09. The lowest BCUT2D eigenvalue weighted by Crippen LogP contribution is -2.63. The number of likely N-dealkylation sites (tertiary alicyclic amines) is 2. The number of nitrogens with one attached hydrogen (secondary N) is 1. The van der Waals surface area contributed by atoms with Crippen LogP contribution in [0.3, 0.4) is 0 Å². The van der Waals surface area contributed by atoms with Crippen LogP contribution in [-0.2, 0) is 14.4 Å². The minimum Gasteiger partial charge on any atom is -0.477 e. The Labute approximate surface area is 209 Å². The zero-order valence-corrected chi connectivity index (χ0v) is 21.5. The van der Waals surface area contributed by atoms with E-state index in [2.05, 4.69) is 0 Å². The van der Waals surface area contributed by atoms with E-state index in [1.165, 1.54) is 16.7 Å². The summed E-state index contributed by atoms with van der Waals surface area (Å²) in [5.41, 5.74) is 5.57. The number of aliphatic hydroxyl groups is 1. The number of aliphatic carboxylic acids is 1. The van der Waals surface area contributed by atoms with Crippen molar-refractivity contribution in [3.8, 4) is 0 Å². The number of carboxylic acid groups (broad SMARTS) is 1. The molecule has 0 radical (unpaired) electrons. The van der Waals surface area contributed by atoms with Crippen LogP contribution in [0, 0.1) is 23.2 Å². The molecule has 0 saturated carbocycles. The third-order valence-corrected chi connectivity index (χ3v) is 9.43. The second-order valence-corrected chi connectivity index (χ2v) is 11.7. The molecule has 2 amide bonds. The van der Waals surface area contributed by atoms with Gasteiger partial charge in [-0.25, -0.2) is 4.79 Å². The monoisotopic (exact) mass is 508 g/mol. The number of carbonyl (C=O) groups excluding carboxylic acids is 2. The van der Waals surface area contributed by atoms with Crippen molar-refractivity contribution in [2.75, 3.05) is 40.3 Å². The first kappa shape index (κ1) is 25.8. The molecule has 0 aliphatic carbocycles. The van der Waals surface area contributed by atoms with E-state index in [0.29, 0.717) is 37.5 Å². The predicted molar refractivity (Wildman–Crippen MR) is 131 cm³/mol. The molecule has 0 bridgehead atoms.